The summed E-state index contributed by atoms with van der Waals surface area (Å²) in [4.78, 5) is 53.7. The number of ketones is 2. The predicted molar refractivity (Wildman–Crippen MR) is 485 cm³/mol. The molecule has 0 aromatic rings. The number of Topliss-reactive ketones (excluding diaryl/α,β-unsaturated/α-hetero) is 2. The van der Waals surface area contributed by atoms with Crippen molar-refractivity contribution in [2.45, 2.75) is 273 Å². The lowest BCUT2D eigenvalue weighted by molar-refractivity contribution is -0.375. The Morgan fingerprint density at radius 2 is 0.593 bits per heavy atom. The Bertz CT molecular complexity index is 3210. The van der Waals surface area contributed by atoms with Crippen molar-refractivity contribution in [2.75, 3.05) is 245 Å². The molecule has 6 heterocycles. The average Bonchev–Trinajstić information content (AvgIpc) is 0.776. The highest BCUT2D eigenvalue weighted by Crippen LogP contribution is 2.42. The van der Waals surface area contributed by atoms with Crippen molar-refractivity contribution in [3.8, 4) is 0 Å². The predicted octanol–water partition coefficient (Wildman–Crippen LogP) is -0.0204. The summed E-state index contributed by atoms with van der Waals surface area (Å²) >= 11 is 3.12. The largest absolute Gasteiger partial charge is 0.396 e. The number of hydrogen-bond donors (Lipinski definition) is 6. The van der Waals surface area contributed by atoms with E-state index in [9.17, 15) is 29.4 Å². The standard InChI is InChI=1S/C90H158N4O39S2/c1-47-63(91-55-37-49(41-101-3)53(39-95)65(107-9)67(55)109-11)73(111-13)81(119-21)87(124-47)130-71-59(45-105-7)128-89(83(121-23)77(71)115-17)132-69-57(43-103-5)126-85(79(117-19)75(69)113-15)93-61(99)27-25-51(97)29-33-134-35-31-123-32-36-135-34-30-52(98)26-28-62(100)94-86-80(118-20)76(114-16)70(58(127-86)44-104-6)133-90-84(122-24)78(116-18)72(60(129-90)46-106-8)131-88-82(120-22)74(112-14)64(48(2)125-88)92-56-38-50(42-102-4)54(40-96)66(108-10)68(56)110-12/h37-38,47-48,53-60,63-92,95-96H,25-36,39-46H2,1-24H3,(H,93,99)(H,94,100)/t47?,48?,53-,54-,55+,56+,57?,58?,59?,60?,63-,64-,65+,66+,67?,68?,69-,70-,71-,72-,73+,74+,75+,76+,77+,78+,79?,80?,81?,82?,83?,84?,85?,86?,87-,88-,89-,90-/m0/s1. The van der Waals surface area contributed by atoms with Crippen LogP contribution in [0, 0.1) is 11.8 Å². The van der Waals surface area contributed by atoms with E-state index >= 15 is 0 Å². The molecule has 6 N–H and O–H groups in total. The first-order valence-electron chi connectivity index (χ1n) is 45.9. The van der Waals surface area contributed by atoms with E-state index < -0.39 is 232 Å². The molecular formula is C90H158N4O39S2. The third-order valence-corrected chi connectivity index (χ3v) is 28.1. The molecule has 6 saturated heterocycles. The van der Waals surface area contributed by atoms with Crippen LogP contribution >= 0.6 is 23.5 Å². The minimum absolute atomic E-state index is 0.00650. The zero-order valence-electron chi connectivity index (χ0n) is 83.1. The minimum Gasteiger partial charge on any atom is -0.396 e. The van der Waals surface area contributed by atoms with E-state index in [0.717, 1.165) is 11.1 Å². The molecule has 6 aliphatic heterocycles. The van der Waals surface area contributed by atoms with Crippen molar-refractivity contribution in [1.29, 1.82) is 0 Å². The van der Waals surface area contributed by atoms with Crippen LogP contribution in [-0.2, 0) is 175 Å². The van der Waals surface area contributed by atoms with E-state index in [1.54, 1.807) is 94.6 Å². The van der Waals surface area contributed by atoms with E-state index in [-0.39, 0.29) is 115 Å². The maximum absolute atomic E-state index is 13.7. The van der Waals surface area contributed by atoms with Gasteiger partial charge >= 0.3 is 0 Å². The second-order valence-corrected chi connectivity index (χ2v) is 36.5. The van der Waals surface area contributed by atoms with Gasteiger partial charge in [0.15, 0.2) is 37.6 Å². The maximum atomic E-state index is 13.7. The van der Waals surface area contributed by atoms with Crippen LogP contribution in [0.2, 0.25) is 0 Å². The van der Waals surface area contributed by atoms with Crippen LogP contribution < -0.4 is 21.3 Å². The summed E-state index contributed by atoms with van der Waals surface area (Å²) in [6.07, 6.45) is -22.9. The van der Waals surface area contributed by atoms with Gasteiger partial charge in [-0.1, -0.05) is 12.2 Å². The topological polar surface area (TPSA) is 461 Å². The molecule has 0 bridgehead atoms. The molecule has 16 unspecified atom stereocenters. The molecule has 6 fully saturated rings. The highest BCUT2D eigenvalue weighted by Gasteiger charge is 2.60. The summed E-state index contributed by atoms with van der Waals surface area (Å²) in [5.74, 6) is 0.545. The van der Waals surface area contributed by atoms with E-state index in [4.69, 9.17) is 156 Å². The van der Waals surface area contributed by atoms with Gasteiger partial charge in [0.2, 0.25) is 11.8 Å². The quantitative estimate of drug-likeness (QED) is 0.0344. The van der Waals surface area contributed by atoms with Crippen molar-refractivity contribution < 1.29 is 186 Å². The van der Waals surface area contributed by atoms with Gasteiger partial charge in [-0.15, -0.1) is 0 Å². The number of carbonyl (C=O) groups is 4. The Kier molecular flexibility index (Phi) is 53.2. The summed E-state index contributed by atoms with van der Waals surface area (Å²) in [6, 6.07) is -1.82. The molecule has 0 radical (unpaired) electrons. The third-order valence-electron chi connectivity index (χ3n) is 26.2. The molecular weight excluding hydrogens is 1830 g/mol. The van der Waals surface area contributed by atoms with E-state index in [1.807, 2.05) is 26.0 Å². The maximum Gasteiger partial charge on any atom is 0.222 e. The van der Waals surface area contributed by atoms with Crippen LogP contribution in [0.4, 0.5) is 0 Å². The number of thioether (sulfide) groups is 2. The van der Waals surface area contributed by atoms with Gasteiger partial charge in [0.1, 0.15) is 146 Å². The minimum atomic E-state index is -1.17. The molecule has 45 heteroatoms. The first-order valence-corrected chi connectivity index (χ1v) is 48.2. The van der Waals surface area contributed by atoms with Gasteiger partial charge in [0.05, 0.1) is 115 Å². The Morgan fingerprint density at radius 3 is 0.874 bits per heavy atom. The van der Waals surface area contributed by atoms with Crippen LogP contribution in [0.1, 0.15) is 52.4 Å². The first-order chi connectivity index (χ1) is 65.4. The van der Waals surface area contributed by atoms with Crippen molar-refractivity contribution in [3.05, 3.63) is 23.3 Å². The van der Waals surface area contributed by atoms with Gasteiger partial charge in [0, 0.05) is 230 Å². The molecule has 2 aliphatic carbocycles. The SMILES string of the molecule is COCC1=C[C@@H](N[C@H]2C(C)O[C@@H](O[C@H]3C(COC)O[C@@H](O[C@H]4C(COC)OC(NC(=O)CCC(=O)CCSCCOCCSCCC(=O)CCC(=O)NC5OC(COC)[C@H](O[C@@H]6OC(COC)[C@H](O[C@@H]7OC(C)[C@H](N[C@@H]8C=C(COC)[C@H](CO)[C@@H](OC)C8OC)[C@@H](OC)C7OC)[C@@H](OC)C6OC)[C@@H](OC)C5OC)C(OC)[C@@H]4OC)C(OC)[C@@H]3OC)C(OC)[C@@H]2OC)C(OC)[C@H](OC)[C@H]1CO. The van der Waals surface area contributed by atoms with Crippen LogP contribution in [-0.4, -0.2) is 500 Å². The molecule has 2 amide bonds. The molecule has 8 rings (SSSR count). The van der Waals surface area contributed by atoms with Crippen LogP contribution in [0.5, 0.6) is 0 Å². The van der Waals surface area contributed by atoms with Crippen LogP contribution in [0.15, 0.2) is 23.3 Å². The first kappa shape index (κ1) is 117. The summed E-state index contributed by atoms with van der Waals surface area (Å²) < 4.78 is 205. The molecule has 135 heavy (non-hydrogen) atoms. The Balaban J connectivity index is 0.735. The molecule has 0 aromatic carbocycles. The Hall–Kier alpha value is -3.02. The number of aliphatic hydroxyl groups is 2. The van der Waals surface area contributed by atoms with Crippen molar-refractivity contribution in [3.63, 3.8) is 0 Å². The highest BCUT2D eigenvalue weighted by atomic mass is 32.2. The fourth-order valence-electron chi connectivity index (χ4n) is 19.6. The van der Waals surface area contributed by atoms with Gasteiger partial charge in [-0.25, -0.2) is 0 Å². The Morgan fingerprint density at radius 1 is 0.311 bits per heavy atom. The lowest BCUT2D eigenvalue weighted by Gasteiger charge is -2.51. The fraction of sp³-hybridized carbons (Fsp3) is 0.911. The summed E-state index contributed by atoms with van der Waals surface area (Å²) in [6.45, 7) is 4.89. The van der Waals surface area contributed by atoms with Crippen molar-refractivity contribution in [2.24, 2.45) is 11.8 Å². The van der Waals surface area contributed by atoms with Gasteiger partial charge in [-0.2, -0.15) is 23.5 Å². The van der Waals surface area contributed by atoms with E-state index in [2.05, 4.69) is 21.3 Å². The highest BCUT2D eigenvalue weighted by molar-refractivity contribution is 7.99. The van der Waals surface area contributed by atoms with Gasteiger partial charge < -0.3 is 188 Å². The second kappa shape index (κ2) is 61.3. The summed E-state index contributed by atoms with van der Waals surface area (Å²) in [7, 11) is 33.8. The third kappa shape index (κ3) is 30.6. The van der Waals surface area contributed by atoms with Crippen molar-refractivity contribution in [1.82, 2.24) is 21.3 Å². The molecule has 0 spiro atoms. The monoisotopic (exact) mass is 1980 g/mol. The normalized spacial score (nSPS) is 38.1. The molecule has 8 aliphatic rings. The lowest BCUT2D eigenvalue weighted by atomic mass is 9.80. The zero-order chi connectivity index (χ0) is 98.5. The molecule has 784 valence electrons. The number of rotatable bonds is 62. The van der Waals surface area contributed by atoms with Gasteiger partial charge in [-0.05, 0) is 25.0 Å². The number of carbonyl (C=O) groups excluding carboxylic acids is 4. The number of aliphatic hydroxyl groups excluding tert-OH is 2. The summed E-state index contributed by atoms with van der Waals surface area (Å²) in [5, 5.41) is 34.0. The summed E-state index contributed by atoms with van der Waals surface area (Å²) in [5.41, 5.74) is 1.71. The van der Waals surface area contributed by atoms with Gasteiger partial charge in [0.25, 0.3) is 0 Å². The smallest absolute Gasteiger partial charge is 0.222 e. The van der Waals surface area contributed by atoms with Crippen molar-refractivity contribution >= 4 is 46.9 Å². The number of amides is 2. The van der Waals surface area contributed by atoms with Crippen LogP contribution in [0.3, 0.4) is 0 Å². The van der Waals surface area contributed by atoms with Crippen LogP contribution in [0.25, 0.3) is 0 Å². The lowest BCUT2D eigenvalue weighted by Crippen LogP contribution is -2.69. The molecule has 0 saturated carbocycles. The second-order valence-electron chi connectivity index (χ2n) is 34.0. The zero-order valence-corrected chi connectivity index (χ0v) is 84.7. The number of hydrogen-bond acceptors (Lipinski definition) is 43. The molecule has 38 atom stereocenters. The van der Waals surface area contributed by atoms with Gasteiger partial charge in [-0.3, -0.25) is 19.2 Å². The fourth-order valence-corrected chi connectivity index (χ4v) is 21.2. The van der Waals surface area contributed by atoms with E-state index in [0.29, 0.717) is 36.2 Å². The average molecular weight is 1980 g/mol. The van der Waals surface area contributed by atoms with E-state index in [1.165, 1.54) is 85.3 Å². The number of ether oxygens (including phenoxy) is 33. The number of methoxy groups -OCH3 is 22. The Labute approximate surface area is 803 Å². The number of nitrogens with one attached hydrogen (secondary N) is 4. The molecule has 43 nitrogen and oxygen atoms in total. The molecule has 0 aromatic heterocycles.